The summed E-state index contributed by atoms with van der Waals surface area (Å²) in [4.78, 5) is 1.15. The first kappa shape index (κ1) is 28.7. The molecular formula is C28H29F3O7S2. The zero-order valence-corrected chi connectivity index (χ0v) is 23.1. The Morgan fingerprint density at radius 1 is 0.700 bits per heavy atom. The highest BCUT2D eigenvalue weighted by Crippen LogP contribution is 2.70. The fourth-order valence-electron chi connectivity index (χ4n) is 4.52. The Bertz CT molecular complexity index is 1290. The van der Waals surface area contributed by atoms with Crippen LogP contribution < -0.4 is 9.47 Å². The van der Waals surface area contributed by atoms with Crippen molar-refractivity contribution in [1.82, 2.24) is 0 Å². The largest absolute Gasteiger partial charge is 0.465 e. The van der Waals surface area contributed by atoms with Gasteiger partial charge in [0.2, 0.25) is 0 Å². The first-order chi connectivity index (χ1) is 19.1. The molecule has 0 N–H and O–H groups in total. The van der Waals surface area contributed by atoms with Gasteiger partial charge in [-0.1, -0.05) is 18.2 Å². The van der Waals surface area contributed by atoms with Crippen molar-refractivity contribution in [2.45, 2.75) is 59.1 Å². The lowest BCUT2D eigenvalue weighted by Gasteiger charge is -2.39. The van der Waals surface area contributed by atoms with Crippen molar-refractivity contribution in [2.75, 3.05) is 19.0 Å². The van der Waals surface area contributed by atoms with Gasteiger partial charge in [-0.3, -0.25) is 0 Å². The molecule has 0 amide bonds. The molecule has 0 spiro atoms. The van der Waals surface area contributed by atoms with Crippen LogP contribution in [0.1, 0.15) is 25.7 Å². The third kappa shape index (κ3) is 6.92. The number of hydrogen-bond acceptors (Lipinski definition) is 7. The molecule has 2 unspecified atom stereocenters. The molecule has 0 saturated carbocycles. The van der Waals surface area contributed by atoms with Crippen molar-refractivity contribution < 1.29 is 44.2 Å². The summed E-state index contributed by atoms with van der Waals surface area (Å²) in [6.45, 7) is 1.20. The van der Waals surface area contributed by atoms with Crippen LogP contribution in [0.15, 0.2) is 93.5 Å². The van der Waals surface area contributed by atoms with E-state index in [0.717, 1.165) is 25.7 Å². The maximum absolute atomic E-state index is 13.3. The zero-order valence-electron chi connectivity index (χ0n) is 21.4. The Morgan fingerprint density at radius 2 is 1.15 bits per heavy atom. The Morgan fingerprint density at radius 3 is 1.55 bits per heavy atom. The molecule has 2 atom stereocenters. The summed E-state index contributed by atoms with van der Waals surface area (Å²) in [6, 6.07) is 21.4. The molecule has 40 heavy (non-hydrogen) atoms. The molecule has 7 nitrogen and oxygen atoms in total. The Labute approximate surface area is 232 Å². The Hall–Kier alpha value is -2.77. The number of benzene rings is 3. The summed E-state index contributed by atoms with van der Waals surface area (Å²) >= 11 is 0. The van der Waals surface area contributed by atoms with E-state index in [1.165, 1.54) is 0 Å². The van der Waals surface area contributed by atoms with E-state index in [1.54, 1.807) is 78.9 Å². The first-order valence-electron chi connectivity index (χ1n) is 12.8. The predicted molar refractivity (Wildman–Crippen MR) is 142 cm³/mol. The van der Waals surface area contributed by atoms with E-state index in [-0.39, 0.29) is 0 Å². The summed E-state index contributed by atoms with van der Waals surface area (Å²) in [6.07, 6.45) is -2.55. The molecule has 2 aliphatic rings. The standard InChI is InChI=1S/C28H29F3O7S2/c29-28(30,31)20-39(32,33)38-40(23-6-2-1-3-7-23,24-14-10-21(11-15-24)36-26-8-4-18-34-26)25-16-12-22(13-17-25)37-27-9-5-19-35-27/h1-3,6-7,10-17,26-27H,4-5,8-9,18-20H2. The van der Waals surface area contributed by atoms with Gasteiger partial charge in [-0.15, -0.1) is 0 Å². The van der Waals surface area contributed by atoms with Gasteiger partial charge in [-0.25, -0.2) is 3.63 Å². The van der Waals surface area contributed by atoms with E-state index in [1.807, 2.05) is 0 Å². The lowest BCUT2D eigenvalue weighted by Crippen LogP contribution is -2.26. The van der Waals surface area contributed by atoms with E-state index in [2.05, 4.69) is 0 Å². The van der Waals surface area contributed by atoms with Crippen LogP contribution in [0.25, 0.3) is 0 Å². The average molecular weight is 599 g/mol. The van der Waals surface area contributed by atoms with Crippen molar-refractivity contribution in [2.24, 2.45) is 0 Å². The lowest BCUT2D eigenvalue weighted by atomic mass is 10.3. The molecule has 2 heterocycles. The van der Waals surface area contributed by atoms with E-state index in [0.29, 0.717) is 39.4 Å². The summed E-state index contributed by atoms with van der Waals surface area (Å²) in [5, 5.41) is 0. The second-order valence-corrected chi connectivity index (χ2v) is 13.8. The quantitative estimate of drug-likeness (QED) is 0.253. The molecule has 12 heteroatoms. The van der Waals surface area contributed by atoms with Gasteiger partial charge in [0.25, 0.3) is 10.1 Å². The number of hydrogen-bond donors (Lipinski definition) is 0. The third-order valence-electron chi connectivity index (χ3n) is 6.24. The van der Waals surface area contributed by atoms with E-state index in [9.17, 15) is 21.6 Å². The fourth-order valence-corrected chi connectivity index (χ4v) is 9.70. The van der Waals surface area contributed by atoms with Gasteiger partial charge in [0.05, 0.1) is 13.2 Å². The predicted octanol–water partition coefficient (Wildman–Crippen LogP) is 6.82. The molecule has 2 fully saturated rings. The lowest BCUT2D eigenvalue weighted by molar-refractivity contribution is -0.107. The van der Waals surface area contributed by atoms with Gasteiger partial charge in [0, 0.05) is 27.5 Å². The molecule has 0 radical (unpaired) electrons. The van der Waals surface area contributed by atoms with Crippen LogP contribution in [0.3, 0.4) is 0 Å². The van der Waals surface area contributed by atoms with Crippen LogP contribution in [0.4, 0.5) is 13.2 Å². The fraction of sp³-hybridized carbons (Fsp3) is 0.357. The van der Waals surface area contributed by atoms with Crippen molar-refractivity contribution in [3.8, 4) is 11.5 Å². The van der Waals surface area contributed by atoms with Gasteiger partial charge >= 0.3 is 6.18 Å². The van der Waals surface area contributed by atoms with Crippen LogP contribution in [-0.4, -0.2) is 46.1 Å². The third-order valence-corrected chi connectivity index (χ3v) is 11.4. The van der Waals surface area contributed by atoms with Gasteiger partial charge < -0.3 is 18.9 Å². The average Bonchev–Trinajstić information content (AvgIpc) is 3.62. The van der Waals surface area contributed by atoms with Crippen LogP contribution in [0.2, 0.25) is 0 Å². The summed E-state index contributed by atoms with van der Waals surface area (Å²) in [5.41, 5.74) is 0. The van der Waals surface area contributed by atoms with Gasteiger partial charge in [0.15, 0.2) is 18.3 Å². The normalized spacial score (nSPS) is 22.0. The minimum absolute atomic E-state index is 0.372. The molecular weight excluding hydrogens is 569 g/mol. The minimum atomic E-state index is -5.09. The van der Waals surface area contributed by atoms with Crippen LogP contribution in [-0.2, 0) is 23.2 Å². The molecule has 216 valence electrons. The summed E-state index contributed by atoms with van der Waals surface area (Å²) in [5.74, 6) is -1.16. The van der Waals surface area contributed by atoms with E-state index >= 15 is 0 Å². The minimum Gasteiger partial charge on any atom is -0.465 e. The SMILES string of the molecule is O=S(=O)(CC(F)(F)F)OS(c1ccccc1)(c1ccc(OC2CCCO2)cc1)c1ccc(OC2CCCO2)cc1. The molecule has 0 aromatic heterocycles. The Balaban J connectivity index is 1.59. The van der Waals surface area contributed by atoms with Gasteiger partial charge in [-0.05, 0) is 83.8 Å². The summed E-state index contributed by atoms with van der Waals surface area (Å²) in [7, 11) is -8.30. The second-order valence-electron chi connectivity index (χ2n) is 9.32. The molecule has 0 aliphatic carbocycles. The highest BCUT2D eigenvalue weighted by molar-refractivity contribution is 8.33. The molecule has 3 aromatic rings. The smallest absolute Gasteiger partial charge is 0.405 e. The molecule has 0 bridgehead atoms. The van der Waals surface area contributed by atoms with Gasteiger partial charge in [0.1, 0.15) is 11.5 Å². The Kier molecular flexibility index (Phi) is 8.62. The first-order valence-corrected chi connectivity index (χ1v) is 15.9. The van der Waals surface area contributed by atoms with Crippen LogP contribution in [0, 0.1) is 0 Å². The molecule has 2 saturated heterocycles. The highest BCUT2D eigenvalue weighted by atomic mass is 32.3. The van der Waals surface area contributed by atoms with Gasteiger partial charge in [-0.2, -0.15) is 21.6 Å². The van der Waals surface area contributed by atoms with E-state index < -0.39 is 44.9 Å². The van der Waals surface area contributed by atoms with Crippen molar-refractivity contribution in [3.63, 3.8) is 0 Å². The number of rotatable bonds is 10. The van der Waals surface area contributed by atoms with Crippen molar-refractivity contribution in [1.29, 1.82) is 0 Å². The highest BCUT2D eigenvalue weighted by Gasteiger charge is 2.43. The van der Waals surface area contributed by atoms with Crippen molar-refractivity contribution >= 4 is 20.4 Å². The van der Waals surface area contributed by atoms with E-state index in [4.69, 9.17) is 22.6 Å². The van der Waals surface area contributed by atoms with Crippen molar-refractivity contribution in [3.05, 3.63) is 78.9 Å². The zero-order chi connectivity index (χ0) is 28.2. The number of halogens is 3. The summed E-state index contributed by atoms with van der Waals surface area (Å²) < 4.78 is 94.3. The number of ether oxygens (including phenoxy) is 4. The second kappa shape index (κ2) is 12.0. The molecule has 2 aliphatic heterocycles. The molecule has 5 rings (SSSR count). The van der Waals surface area contributed by atoms with Crippen LogP contribution >= 0.6 is 10.3 Å². The van der Waals surface area contributed by atoms with Crippen LogP contribution in [0.5, 0.6) is 11.5 Å². The monoisotopic (exact) mass is 598 g/mol. The maximum atomic E-state index is 13.3. The topological polar surface area (TPSA) is 80.3 Å². The maximum Gasteiger partial charge on any atom is 0.405 e. The molecule has 3 aromatic carbocycles. The number of alkyl halides is 3.